The summed E-state index contributed by atoms with van der Waals surface area (Å²) in [7, 11) is 4.10. The van der Waals surface area contributed by atoms with Crippen molar-refractivity contribution in [2.45, 2.75) is 82.8 Å². The van der Waals surface area contributed by atoms with Crippen LogP contribution < -0.4 is 0 Å². The van der Waals surface area contributed by atoms with Crippen LogP contribution in [0.25, 0.3) is 0 Å². The molecule has 0 spiro atoms. The molecule has 1 unspecified atom stereocenters. The molecular formula is C16H30O2S2. The van der Waals surface area contributed by atoms with Crippen molar-refractivity contribution >= 4 is 27.6 Å². The second-order valence-corrected chi connectivity index (χ2v) is 9.32. The first kappa shape index (κ1) is 18.2. The number of aliphatic carboxylic acids is 1. The van der Waals surface area contributed by atoms with Crippen LogP contribution in [0.2, 0.25) is 0 Å². The number of carboxylic acids is 1. The minimum atomic E-state index is -0.652. The summed E-state index contributed by atoms with van der Waals surface area (Å²) in [5, 5.41) is 8.71. The van der Waals surface area contributed by atoms with Crippen LogP contribution in [0, 0.1) is 5.92 Å². The maximum atomic E-state index is 10.6. The molecule has 2 nitrogen and oxygen atoms in total. The minimum Gasteiger partial charge on any atom is -0.481 e. The number of hydrogen-bond acceptors (Lipinski definition) is 3. The third kappa shape index (κ3) is 7.82. The Kier molecular flexibility index (Phi) is 9.10. The standard InChI is InChI=1S/C16H30O2S2/c1-14(2)8-4-3-6-10-16(12-13-19-20-16)11-7-5-9-15(17)18/h14H,3-13H2,1-2H3,(H,17,18). The van der Waals surface area contributed by atoms with Gasteiger partial charge in [-0.1, -0.05) is 67.5 Å². The first-order valence-corrected chi connectivity index (χ1v) is 10.4. The SMILES string of the molecule is CC(C)CCCCCC1(CCCCC(=O)O)CCSS1. The van der Waals surface area contributed by atoms with Crippen LogP contribution in [-0.2, 0) is 4.79 Å². The molecule has 4 heteroatoms. The summed E-state index contributed by atoms with van der Waals surface area (Å²) in [5.74, 6) is 1.45. The van der Waals surface area contributed by atoms with E-state index < -0.39 is 5.97 Å². The van der Waals surface area contributed by atoms with E-state index >= 15 is 0 Å². The van der Waals surface area contributed by atoms with Crippen molar-refractivity contribution in [2.24, 2.45) is 5.92 Å². The summed E-state index contributed by atoms with van der Waals surface area (Å²) in [6.07, 6.45) is 11.5. The predicted molar refractivity (Wildman–Crippen MR) is 91.4 cm³/mol. The maximum Gasteiger partial charge on any atom is 0.303 e. The Bertz CT molecular complexity index is 274. The molecule has 20 heavy (non-hydrogen) atoms. The molecule has 0 radical (unpaired) electrons. The molecule has 0 aliphatic carbocycles. The minimum absolute atomic E-state index is 0.336. The lowest BCUT2D eigenvalue weighted by Gasteiger charge is -2.27. The number of unbranched alkanes of at least 4 members (excludes halogenated alkanes) is 3. The molecule has 118 valence electrons. The third-order valence-corrected chi connectivity index (χ3v) is 7.43. The molecule has 1 saturated heterocycles. The van der Waals surface area contributed by atoms with Gasteiger partial charge in [-0.2, -0.15) is 0 Å². The van der Waals surface area contributed by atoms with E-state index in [2.05, 4.69) is 24.6 Å². The van der Waals surface area contributed by atoms with Gasteiger partial charge in [-0.15, -0.1) is 0 Å². The lowest BCUT2D eigenvalue weighted by molar-refractivity contribution is -0.137. The summed E-state index contributed by atoms with van der Waals surface area (Å²) in [4.78, 5) is 10.6. The van der Waals surface area contributed by atoms with Gasteiger partial charge >= 0.3 is 5.97 Å². The van der Waals surface area contributed by atoms with E-state index in [4.69, 9.17) is 5.11 Å². The van der Waals surface area contributed by atoms with E-state index in [1.54, 1.807) is 0 Å². The van der Waals surface area contributed by atoms with Gasteiger partial charge in [-0.05, 0) is 31.6 Å². The van der Waals surface area contributed by atoms with Gasteiger partial charge in [0.2, 0.25) is 0 Å². The van der Waals surface area contributed by atoms with Crippen molar-refractivity contribution in [1.29, 1.82) is 0 Å². The Morgan fingerprint density at radius 2 is 1.85 bits per heavy atom. The Morgan fingerprint density at radius 3 is 2.40 bits per heavy atom. The van der Waals surface area contributed by atoms with Crippen molar-refractivity contribution in [1.82, 2.24) is 0 Å². The van der Waals surface area contributed by atoms with Crippen molar-refractivity contribution in [3.63, 3.8) is 0 Å². The average molecular weight is 319 g/mol. The van der Waals surface area contributed by atoms with Crippen LogP contribution in [0.3, 0.4) is 0 Å². The normalized spacial score (nSPS) is 22.6. The molecule has 1 aliphatic rings. The van der Waals surface area contributed by atoms with Crippen LogP contribution >= 0.6 is 21.6 Å². The van der Waals surface area contributed by atoms with Gasteiger partial charge in [0.25, 0.3) is 0 Å². The zero-order chi connectivity index (χ0) is 14.8. The number of rotatable bonds is 11. The van der Waals surface area contributed by atoms with Crippen molar-refractivity contribution in [3.05, 3.63) is 0 Å². The summed E-state index contributed by atoms with van der Waals surface area (Å²) in [6.45, 7) is 4.60. The molecule has 1 heterocycles. The first-order valence-electron chi connectivity index (χ1n) is 8.06. The molecule has 0 aromatic heterocycles. The number of carbonyl (C=O) groups is 1. The van der Waals surface area contributed by atoms with E-state index in [0.29, 0.717) is 11.2 Å². The molecule has 1 N–H and O–H groups in total. The molecule has 1 aliphatic heterocycles. The Morgan fingerprint density at radius 1 is 1.15 bits per heavy atom. The second-order valence-electron chi connectivity index (χ2n) is 6.43. The van der Waals surface area contributed by atoms with Crippen LogP contribution in [0.15, 0.2) is 0 Å². The largest absolute Gasteiger partial charge is 0.481 e. The average Bonchev–Trinajstić information content (AvgIpc) is 2.83. The fraction of sp³-hybridized carbons (Fsp3) is 0.938. The molecular weight excluding hydrogens is 288 g/mol. The highest BCUT2D eigenvalue weighted by Gasteiger charge is 2.34. The third-order valence-electron chi connectivity index (χ3n) is 4.06. The second kappa shape index (κ2) is 9.99. The summed E-state index contributed by atoms with van der Waals surface area (Å²) < 4.78 is 0.459. The highest BCUT2D eigenvalue weighted by Crippen LogP contribution is 2.52. The van der Waals surface area contributed by atoms with Crippen molar-refractivity contribution in [2.75, 3.05) is 5.75 Å². The molecule has 0 bridgehead atoms. The number of carboxylic acid groups (broad SMARTS) is 1. The first-order chi connectivity index (χ1) is 9.54. The highest BCUT2D eigenvalue weighted by atomic mass is 33.1. The van der Waals surface area contributed by atoms with Crippen LogP contribution in [0.5, 0.6) is 0 Å². The van der Waals surface area contributed by atoms with E-state index in [1.807, 2.05) is 10.8 Å². The van der Waals surface area contributed by atoms with E-state index in [0.717, 1.165) is 18.8 Å². The monoisotopic (exact) mass is 318 g/mol. The molecule has 0 amide bonds. The van der Waals surface area contributed by atoms with Gasteiger partial charge in [-0.25, -0.2) is 0 Å². The van der Waals surface area contributed by atoms with E-state index in [1.165, 1.54) is 50.7 Å². The molecule has 0 saturated carbocycles. The predicted octanol–water partition coefficient (Wildman–Crippen LogP) is 5.76. The fourth-order valence-electron chi connectivity index (χ4n) is 2.79. The lowest BCUT2D eigenvalue weighted by atomic mass is 9.91. The molecule has 1 fully saturated rings. The zero-order valence-electron chi connectivity index (χ0n) is 13.0. The van der Waals surface area contributed by atoms with Gasteiger partial charge in [0, 0.05) is 16.9 Å². The number of hydrogen-bond donors (Lipinski definition) is 1. The smallest absolute Gasteiger partial charge is 0.303 e. The topological polar surface area (TPSA) is 37.3 Å². The van der Waals surface area contributed by atoms with Gasteiger partial charge in [-0.3, -0.25) is 4.79 Å². The van der Waals surface area contributed by atoms with Gasteiger partial charge in [0.15, 0.2) is 0 Å². The molecule has 1 atom stereocenters. The highest BCUT2D eigenvalue weighted by molar-refractivity contribution is 8.77. The van der Waals surface area contributed by atoms with Gasteiger partial charge < -0.3 is 5.11 Å². The Hall–Kier alpha value is 0.170. The van der Waals surface area contributed by atoms with Gasteiger partial charge in [0.05, 0.1) is 0 Å². The summed E-state index contributed by atoms with van der Waals surface area (Å²) in [6, 6.07) is 0. The molecule has 0 aromatic rings. The van der Waals surface area contributed by atoms with E-state index in [-0.39, 0.29) is 0 Å². The van der Waals surface area contributed by atoms with Crippen LogP contribution in [0.4, 0.5) is 0 Å². The van der Waals surface area contributed by atoms with Crippen molar-refractivity contribution in [3.8, 4) is 0 Å². The fourth-order valence-corrected chi connectivity index (χ4v) is 6.37. The van der Waals surface area contributed by atoms with Gasteiger partial charge in [0.1, 0.15) is 0 Å². The summed E-state index contributed by atoms with van der Waals surface area (Å²) >= 11 is 0. The van der Waals surface area contributed by atoms with Crippen molar-refractivity contribution < 1.29 is 9.90 Å². The van der Waals surface area contributed by atoms with Crippen LogP contribution in [-0.4, -0.2) is 21.6 Å². The molecule has 1 rings (SSSR count). The molecule has 0 aromatic carbocycles. The quantitative estimate of drug-likeness (QED) is 0.388. The Labute approximate surface area is 132 Å². The van der Waals surface area contributed by atoms with E-state index in [9.17, 15) is 4.79 Å². The maximum absolute atomic E-state index is 10.6. The lowest BCUT2D eigenvalue weighted by Crippen LogP contribution is -2.21. The Balaban J connectivity index is 2.19. The summed E-state index contributed by atoms with van der Waals surface area (Å²) in [5.41, 5.74) is 0. The van der Waals surface area contributed by atoms with Crippen LogP contribution in [0.1, 0.15) is 78.1 Å². The zero-order valence-corrected chi connectivity index (χ0v) is 14.7.